The van der Waals surface area contributed by atoms with Gasteiger partial charge in [0.05, 0.1) is 6.10 Å². The van der Waals surface area contributed by atoms with Crippen LogP contribution in [0.2, 0.25) is 0 Å². The average molecular weight is 471 g/mol. The summed E-state index contributed by atoms with van der Waals surface area (Å²) >= 11 is 0. The Labute approximate surface area is 173 Å². The zero-order chi connectivity index (χ0) is 17.9. The molecule has 144 valence electrons. The Balaban J connectivity index is 0.00000338. The van der Waals surface area contributed by atoms with Gasteiger partial charge < -0.3 is 15.4 Å². The second-order valence-electron chi connectivity index (χ2n) is 6.11. The maximum atomic E-state index is 5.66. The quantitative estimate of drug-likeness (QED) is 0.256. The number of rotatable bonds is 9. The third kappa shape index (κ3) is 8.55. The molecular formula is C19H30IN5O. The molecule has 0 radical (unpaired) electrons. The van der Waals surface area contributed by atoms with Crippen LogP contribution in [-0.2, 0) is 13.0 Å². The lowest BCUT2D eigenvalue weighted by molar-refractivity contribution is 0.242. The number of aromatic nitrogens is 2. The lowest BCUT2D eigenvalue weighted by atomic mass is 10.1. The number of guanidine groups is 1. The first-order valence-electron chi connectivity index (χ1n) is 8.85. The summed E-state index contributed by atoms with van der Waals surface area (Å²) in [5, 5.41) is 10.9. The van der Waals surface area contributed by atoms with Crippen molar-refractivity contribution in [3.63, 3.8) is 0 Å². The predicted octanol–water partition coefficient (Wildman–Crippen LogP) is 3.09. The van der Waals surface area contributed by atoms with Crippen LogP contribution >= 0.6 is 24.0 Å². The number of hydrogen-bond donors (Lipinski definition) is 2. The number of aliphatic imine (C=N–C) groups is 1. The molecule has 0 unspecified atom stereocenters. The maximum Gasteiger partial charge on any atom is 0.190 e. The summed E-state index contributed by atoms with van der Waals surface area (Å²) in [5.41, 5.74) is 1.28. The molecule has 0 aliphatic carbocycles. The first kappa shape index (κ1) is 22.3. The van der Waals surface area contributed by atoms with Gasteiger partial charge in [-0.15, -0.1) is 24.0 Å². The van der Waals surface area contributed by atoms with Gasteiger partial charge in [0.1, 0.15) is 5.75 Å². The van der Waals surface area contributed by atoms with Crippen molar-refractivity contribution in [3.8, 4) is 5.75 Å². The monoisotopic (exact) mass is 471 g/mol. The third-order valence-corrected chi connectivity index (χ3v) is 3.64. The molecule has 1 aromatic heterocycles. The normalized spacial score (nSPS) is 11.2. The van der Waals surface area contributed by atoms with Crippen LogP contribution in [0.1, 0.15) is 25.8 Å². The van der Waals surface area contributed by atoms with Crippen molar-refractivity contribution in [2.75, 3.05) is 20.1 Å². The lowest BCUT2D eigenvalue weighted by Gasteiger charge is -2.12. The van der Waals surface area contributed by atoms with Crippen molar-refractivity contribution in [1.82, 2.24) is 20.4 Å². The summed E-state index contributed by atoms with van der Waals surface area (Å²) < 4.78 is 7.60. The van der Waals surface area contributed by atoms with Gasteiger partial charge in [-0.2, -0.15) is 5.10 Å². The van der Waals surface area contributed by atoms with Gasteiger partial charge in [0, 0.05) is 39.1 Å². The van der Waals surface area contributed by atoms with Gasteiger partial charge in [0.15, 0.2) is 5.96 Å². The standard InChI is InChI=1S/C19H29N5O.HI/c1-16(2)25-18-8-6-17(7-9-18)10-13-22-19(20-3)21-11-4-14-24-15-5-12-23-24;/h5-9,12,15-16H,4,10-11,13-14H2,1-3H3,(H2,20,21,22);1H. The van der Waals surface area contributed by atoms with E-state index in [1.165, 1.54) is 5.56 Å². The number of halogens is 1. The van der Waals surface area contributed by atoms with Crippen LogP contribution in [-0.4, -0.2) is 42.0 Å². The zero-order valence-corrected chi connectivity index (χ0v) is 18.1. The smallest absolute Gasteiger partial charge is 0.190 e. The van der Waals surface area contributed by atoms with Gasteiger partial charge >= 0.3 is 0 Å². The molecule has 0 saturated heterocycles. The van der Waals surface area contributed by atoms with Crippen LogP contribution in [0.3, 0.4) is 0 Å². The van der Waals surface area contributed by atoms with E-state index in [0.717, 1.165) is 44.2 Å². The minimum atomic E-state index is 0. The van der Waals surface area contributed by atoms with Crippen molar-refractivity contribution in [2.24, 2.45) is 4.99 Å². The number of ether oxygens (including phenoxy) is 1. The van der Waals surface area contributed by atoms with E-state index in [2.05, 4.69) is 32.9 Å². The molecule has 2 N–H and O–H groups in total. The van der Waals surface area contributed by atoms with Gasteiger partial charge in [0.25, 0.3) is 0 Å². The summed E-state index contributed by atoms with van der Waals surface area (Å²) in [6.07, 6.45) is 5.92. The fourth-order valence-electron chi connectivity index (χ4n) is 2.43. The molecule has 2 rings (SSSR count). The number of hydrogen-bond acceptors (Lipinski definition) is 3. The fourth-order valence-corrected chi connectivity index (χ4v) is 2.43. The Kier molecular flexibility index (Phi) is 10.8. The first-order chi connectivity index (χ1) is 12.2. The Hall–Kier alpha value is -1.77. The van der Waals surface area contributed by atoms with Gasteiger partial charge in [-0.3, -0.25) is 9.67 Å². The second kappa shape index (κ2) is 12.6. The molecule has 1 heterocycles. The van der Waals surface area contributed by atoms with Crippen LogP contribution in [0, 0.1) is 0 Å². The molecule has 6 nitrogen and oxygen atoms in total. The molecular weight excluding hydrogens is 441 g/mol. The highest BCUT2D eigenvalue weighted by atomic mass is 127. The zero-order valence-electron chi connectivity index (χ0n) is 15.8. The number of nitrogens with one attached hydrogen (secondary N) is 2. The van der Waals surface area contributed by atoms with E-state index in [9.17, 15) is 0 Å². The minimum Gasteiger partial charge on any atom is -0.491 e. The van der Waals surface area contributed by atoms with Crippen LogP contribution in [0.4, 0.5) is 0 Å². The summed E-state index contributed by atoms with van der Waals surface area (Å²) in [5.74, 6) is 1.75. The molecule has 0 amide bonds. The summed E-state index contributed by atoms with van der Waals surface area (Å²) in [6, 6.07) is 10.2. The molecule has 0 saturated carbocycles. The highest BCUT2D eigenvalue weighted by Gasteiger charge is 2.00. The van der Waals surface area contributed by atoms with Crippen LogP contribution in [0.25, 0.3) is 0 Å². The Bertz CT molecular complexity index is 626. The molecule has 2 aromatic rings. The summed E-state index contributed by atoms with van der Waals surface area (Å²) in [7, 11) is 1.79. The molecule has 7 heteroatoms. The predicted molar refractivity (Wildman–Crippen MR) is 118 cm³/mol. The highest BCUT2D eigenvalue weighted by Crippen LogP contribution is 2.13. The van der Waals surface area contributed by atoms with Gasteiger partial charge in [-0.25, -0.2) is 0 Å². The molecule has 26 heavy (non-hydrogen) atoms. The number of aryl methyl sites for hydroxylation is 1. The van der Waals surface area contributed by atoms with E-state index in [1.807, 2.05) is 42.9 Å². The molecule has 0 fully saturated rings. The first-order valence-corrected chi connectivity index (χ1v) is 8.85. The largest absolute Gasteiger partial charge is 0.491 e. The maximum absolute atomic E-state index is 5.66. The van der Waals surface area contributed by atoms with E-state index in [0.29, 0.717) is 0 Å². The summed E-state index contributed by atoms with van der Waals surface area (Å²) in [4.78, 5) is 4.25. The van der Waals surface area contributed by atoms with Crippen molar-refractivity contribution >= 4 is 29.9 Å². The number of benzene rings is 1. The van der Waals surface area contributed by atoms with Crippen molar-refractivity contribution in [1.29, 1.82) is 0 Å². The second-order valence-corrected chi connectivity index (χ2v) is 6.11. The topological polar surface area (TPSA) is 63.5 Å². The van der Waals surface area contributed by atoms with Crippen molar-refractivity contribution in [2.45, 2.75) is 39.3 Å². The fraction of sp³-hybridized carbons (Fsp3) is 0.474. The molecule has 0 spiro atoms. The highest BCUT2D eigenvalue weighted by molar-refractivity contribution is 14.0. The van der Waals surface area contributed by atoms with E-state index in [1.54, 1.807) is 13.2 Å². The SMILES string of the molecule is CN=C(NCCCn1cccn1)NCCc1ccc(OC(C)C)cc1.I. The molecule has 0 atom stereocenters. The van der Waals surface area contributed by atoms with Gasteiger partial charge in [-0.05, 0) is 50.5 Å². The van der Waals surface area contributed by atoms with Crippen LogP contribution in [0.5, 0.6) is 5.75 Å². The molecule has 1 aromatic carbocycles. The Morgan fingerprint density at radius 2 is 1.92 bits per heavy atom. The molecule has 0 aliphatic heterocycles. The average Bonchev–Trinajstić information content (AvgIpc) is 3.11. The van der Waals surface area contributed by atoms with Crippen molar-refractivity contribution < 1.29 is 4.74 Å². The Morgan fingerprint density at radius 3 is 2.54 bits per heavy atom. The molecule has 0 aliphatic rings. The lowest BCUT2D eigenvalue weighted by Crippen LogP contribution is -2.39. The Morgan fingerprint density at radius 1 is 1.19 bits per heavy atom. The van der Waals surface area contributed by atoms with Gasteiger partial charge in [0.2, 0.25) is 0 Å². The van der Waals surface area contributed by atoms with Crippen LogP contribution in [0.15, 0.2) is 47.7 Å². The van der Waals surface area contributed by atoms with Crippen molar-refractivity contribution in [3.05, 3.63) is 48.3 Å². The van der Waals surface area contributed by atoms with E-state index >= 15 is 0 Å². The third-order valence-electron chi connectivity index (χ3n) is 3.64. The number of nitrogens with zero attached hydrogens (tertiary/aromatic N) is 3. The van der Waals surface area contributed by atoms with E-state index < -0.39 is 0 Å². The summed E-state index contributed by atoms with van der Waals surface area (Å²) in [6.45, 7) is 6.67. The molecule has 0 bridgehead atoms. The van der Waals surface area contributed by atoms with E-state index in [-0.39, 0.29) is 30.1 Å². The minimum absolute atomic E-state index is 0. The van der Waals surface area contributed by atoms with Crippen LogP contribution < -0.4 is 15.4 Å². The van der Waals surface area contributed by atoms with Gasteiger partial charge in [-0.1, -0.05) is 12.1 Å². The van der Waals surface area contributed by atoms with E-state index in [4.69, 9.17) is 4.74 Å².